The molecule has 1 rings (SSSR count). The first-order valence-corrected chi connectivity index (χ1v) is 4.80. The Morgan fingerprint density at radius 3 is 3.00 bits per heavy atom. The maximum Gasteiger partial charge on any atom is 0.306 e. The average molecular weight is 186 g/mol. The second-order valence-corrected chi connectivity index (χ2v) is 3.73. The maximum absolute atomic E-state index is 11.0. The third kappa shape index (κ3) is 2.89. The Morgan fingerprint density at radius 1 is 1.75 bits per heavy atom. The van der Waals surface area contributed by atoms with Crippen molar-refractivity contribution in [3.8, 4) is 0 Å². The number of carbonyl (C=O) groups excluding carboxylic acids is 1. The summed E-state index contributed by atoms with van der Waals surface area (Å²) in [5.41, 5.74) is 0. The molecule has 1 unspecified atom stereocenters. The third-order valence-electron chi connectivity index (χ3n) is 2.11. The van der Waals surface area contributed by atoms with E-state index in [1.807, 2.05) is 6.92 Å². The van der Waals surface area contributed by atoms with Gasteiger partial charge in [-0.3, -0.25) is 4.79 Å². The van der Waals surface area contributed by atoms with Gasteiger partial charge in [-0.2, -0.15) is 0 Å². The minimum atomic E-state index is -0.0767. The fraction of sp³-hybridized carbons (Fsp3) is 0.778. The van der Waals surface area contributed by atoms with Crippen molar-refractivity contribution in [2.75, 3.05) is 6.61 Å². The molecule has 0 aromatic carbocycles. The topological polar surface area (TPSA) is 26.3 Å². The number of hydrogen-bond donors (Lipinski definition) is 0. The molecule has 0 N–H and O–H groups in total. The summed E-state index contributed by atoms with van der Waals surface area (Å²) >= 11 is 5.06. The van der Waals surface area contributed by atoms with Crippen molar-refractivity contribution in [3.63, 3.8) is 0 Å². The minimum Gasteiger partial charge on any atom is -0.466 e. The van der Waals surface area contributed by atoms with Crippen LogP contribution in [0.3, 0.4) is 0 Å². The lowest BCUT2D eigenvalue weighted by Crippen LogP contribution is -2.09. The van der Waals surface area contributed by atoms with Crippen LogP contribution in [0.2, 0.25) is 0 Å². The molecule has 0 aromatic heterocycles. The lowest BCUT2D eigenvalue weighted by Gasteiger charge is -2.06. The van der Waals surface area contributed by atoms with E-state index >= 15 is 0 Å². The molecule has 0 spiro atoms. The summed E-state index contributed by atoms with van der Waals surface area (Å²) in [4.78, 5) is 12.2. The summed E-state index contributed by atoms with van der Waals surface area (Å²) in [5, 5.41) is 0. The number of thiocarbonyl (C=S) groups is 1. The molecule has 1 fully saturated rings. The van der Waals surface area contributed by atoms with Crippen molar-refractivity contribution in [2.45, 2.75) is 32.6 Å². The largest absolute Gasteiger partial charge is 0.466 e. The van der Waals surface area contributed by atoms with Gasteiger partial charge in [-0.25, -0.2) is 0 Å². The van der Waals surface area contributed by atoms with Crippen LogP contribution in [0.15, 0.2) is 0 Å². The summed E-state index contributed by atoms with van der Waals surface area (Å²) < 4.78 is 4.86. The molecule has 1 aliphatic rings. The summed E-state index contributed by atoms with van der Waals surface area (Å²) in [5.74, 6) is 0.378. The van der Waals surface area contributed by atoms with E-state index < -0.39 is 0 Å². The zero-order valence-electron chi connectivity index (χ0n) is 7.34. The Kier molecular flexibility index (Phi) is 3.66. The van der Waals surface area contributed by atoms with Crippen LogP contribution in [0.5, 0.6) is 0 Å². The summed E-state index contributed by atoms with van der Waals surface area (Å²) in [7, 11) is 0. The number of hydrogen-bond acceptors (Lipinski definition) is 3. The molecule has 0 amide bonds. The predicted molar refractivity (Wildman–Crippen MR) is 51.2 cm³/mol. The number of rotatable bonds is 3. The molecule has 2 nitrogen and oxygen atoms in total. The van der Waals surface area contributed by atoms with Crippen LogP contribution < -0.4 is 0 Å². The Morgan fingerprint density at radius 2 is 2.50 bits per heavy atom. The van der Waals surface area contributed by atoms with E-state index in [0.717, 1.165) is 24.1 Å². The van der Waals surface area contributed by atoms with E-state index in [1.165, 1.54) is 0 Å². The second kappa shape index (κ2) is 4.55. The van der Waals surface area contributed by atoms with E-state index in [4.69, 9.17) is 17.0 Å². The predicted octanol–water partition coefficient (Wildman–Crippen LogP) is 2.11. The van der Waals surface area contributed by atoms with Crippen LogP contribution in [0, 0.1) is 5.92 Å². The molecule has 68 valence electrons. The first kappa shape index (κ1) is 9.65. The quantitative estimate of drug-likeness (QED) is 0.499. The minimum absolute atomic E-state index is 0.0767. The van der Waals surface area contributed by atoms with Crippen LogP contribution in [-0.2, 0) is 9.53 Å². The van der Waals surface area contributed by atoms with E-state index in [9.17, 15) is 4.79 Å². The number of ether oxygens (including phenoxy) is 1. The van der Waals surface area contributed by atoms with Crippen molar-refractivity contribution >= 4 is 23.1 Å². The van der Waals surface area contributed by atoms with Gasteiger partial charge in [0.1, 0.15) is 0 Å². The highest BCUT2D eigenvalue weighted by Gasteiger charge is 2.22. The molecule has 3 heteroatoms. The van der Waals surface area contributed by atoms with E-state index in [-0.39, 0.29) is 5.97 Å². The average Bonchev–Trinajstić information content (AvgIpc) is 2.36. The van der Waals surface area contributed by atoms with Crippen LogP contribution in [-0.4, -0.2) is 17.4 Å². The van der Waals surface area contributed by atoms with Crippen molar-refractivity contribution in [3.05, 3.63) is 0 Å². The fourth-order valence-electron chi connectivity index (χ4n) is 1.52. The van der Waals surface area contributed by atoms with Gasteiger partial charge in [-0.05, 0) is 37.0 Å². The number of esters is 1. The van der Waals surface area contributed by atoms with Gasteiger partial charge in [0.15, 0.2) is 0 Å². The van der Waals surface area contributed by atoms with Gasteiger partial charge in [-0.15, -0.1) is 0 Å². The molecule has 0 bridgehead atoms. The summed E-state index contributed by atoms with van der Waals surface area (Å²) in [6.07, 6.45) is 3.57. The summed E-state index contributed by atoms with van der Waals surface area (Å²) in [6.45, 7) is 2.31. The van der Waals surface area contributed by atoms with E-state index in [1.54, 1.807) is 0 Å². The highest BCUT2D eigenvalue weighted by Crippen LogP contribution is 2.26. The molecule has 1 aliphatic carbocycles. The highest BCUT2D eigenvalue weighted by atomic mass is 32.1. The molecule has 0 aromatic rings. The Hall–Kier alpha value is -0.440. The molecule has 0 radical (unpaired) electrons. The Labute approximate surface area is 78.3 Å². The maximum atomic E-state index is 11.0. The molecule has 0 aliphatic heterocycles. The monoisotopic (exact) mass is 186 g/mol. The molecule has 0 saturated heterocycles. The SMILES string of the molecule is CCOC(=O)CC1CCC(=S)C1. The smallest absolute Gasteiger partial charge is 0.306 e. The van der Waals surface area contributed by atoms with Crippen molar-refractivity contribution < 1.29 is 9.53 Å². The van der Waals surface area contributed by atoms with Crippen LogP contribution >= 0.6 is 12.2 Å². The number of carbonyl (C=O) groups is 1. The molecule has 1 atom stereocenters. The van der Waals surface area contributed by atoms with Gasteiger partial charge in [0, 0.05) is 6.42 Å². The molecular formula is C9H14O2S. The summed E-state index contributed by atoms with van der Waals surface area (Å²) in [6, 6.07) is 0. The first-order valence-electron chi connectivity index (χ1n) is 4.39. The lowest BCUT2D eigenvalue weighted by atomic mass is 10.0. The molecule has 1 saturated carbocycles. The third-order valence-corrected chi connectivity index (χ3v) is 2.48. The van der Waals surface area contributed by atoms with Gasteiger partial charge >= 0.3 is 5.97 Å². The van der Waals surface area contributed by atoms with Gasteiger partial charge in [0.2, 0.25) is 0 Å². The van der Waals surface area contributed by atoms with Crippen LogP contribution in [0.25, 0.3) is 0 Å². The van der Waals surface area contributed by atoms with Gasteiger partial charge < -0.3 is 4.74 Å². The van der Waals surface area contributed by atoms with Crippen molar-refractivity contribution in [1.29, 1.82) is 0 Å². The fourth-order valence-corrected chi connectivity index (χ4v) is 1.87. The van der Waals surface area contributed by atoms with Crippen LogP contribution in [0.1, 0.15) is 32.6 Å². The Balaban J connectivity index is 2.23. The molecule has 12 heavy (non-hydrogen) atoms. The Bertz CT molecular complexity index is 189. The second-order valence-electron chi connectivity index (χ2n) is 3.16. The molecule has 0 heterocycles. The van der Waals surface area contributed by atoms with Crippen LogP contribution in [0.4, 0.5) is 0 Å². The van der Waals surface area contributed by atoms with Crippen molar-refractivity contribution in [2.24, 2.45) is 5.92 Å². The zero-order chi connectivity index (χ0) is 8.97. The first-order chi connectivity index (χ1) is 5.72. The van der Waals surface area contributed by atoms with E-state index in [2.05, 4.69) is 0 Å². The van der Waals surface area contributed by atoms with E-state index in [0.29, 0.717) is 18.9 Å². The standard InChI is InChI=1S/C9H14O2S/c1-2-11-9(10)6-7-3-4-8(12)5-7/h7H,2-6H2,1H3. The van der Waals surface area contributed by atoms with Crippen molar-refractivity contribution in [1.82, 2.24) is 0 Å². The van der Waals surface area contributed by atoms with Gasteiger partial charge in [0.05, 0.1) is 6.61 Å². The molecular weight excluding hydrogens is 172 g/mol. The lowest BCUT2D eigenvalue weighted by molar-refractivity contribution is -0.144. The van der Waals surface area contributed by atoms with Gasteiger partial charge in [0.25, 0.3) is 0 Å². The normalized spacial score (nSPS) is 22.8. The highest BCUT2D eigenvalue weighted by molar-refractivity contribution is 7.80. The van der Waals surface area contributed by atoms with Gasteiger partial charge in [-0.1, -0.05) is 12.2 Å². The zero-order valence-corrected chi connectivity index (χ0v) is 8.15.